The van der Waals surface area contributed by atoms with Crippen molar-refractivity contribution in [3.05, 3.63) is 54.7 Å². The van der Waals surface area contributed by atoms with Crippen LogP contribution in [-0.2, 0) is 16.8 Å². The molecule has 0 bridgehead atoms. The smallest absolute Gasteiger partial charge is 0.128 e. The van der Waals surface area contributed by atoms with Gasteiger partial charge in [-0.15, -0.1) is 0 Å². The number of aromatic nitrogens is 5. The average molecular weight is 433 g/mol. The van der Waals surface area contributed by atoms with Crippen molar-refractivity contribution in [2.45, 2.75) is 0 Å². The molecule has 5 heterocycles. The van der Waals surface area contributed by atoms with E-state index < -0.39 is 9.73 Å². The lowest BCUT2D eigenvalue weighted by Gasteiger charge is -2.29. The van der Waals surface area contributed by atoms with Gasteiger partial charge in [-0.3, -0.25) is 9.46 Å². The molecule has 0 atom stereocenters. The molecule has 1 fully saturated rings. The van der Waals surface area contributed by atoms with Gasteiger partial charge in [0.15, 0.2) is 0 Å². The summed E-state index contributed by atoms with van der Waals surface area (Å²) in [4.78, 5) is 6.68. The van der Waals surface area contributed by atoms with Gasteiger partial charge in [-0.05, 0) is 18.2 Å². The summed E-state index contributed by atoms with van der Waals surface area (Å²) >= 11 is 0. The molecule has 31 heavy (non-hydrogen) atoms. The lowest BCUT2D eigenvalue weighted by atomic mass is 10.0. The maximum Gasteiger partial charge on any atom is 0.128 e. The fourth-order valence-corrected chi connectivity index (χ4v) is 5.08. The Morgan fingerprint density at radius 1 is 1.06 bits per heavy atom. The Balaban J connectivity index is 1.57. The number of hydrogen-bond donors (Lipinski definition) is 1. The van der Waals surface area contributed by atoms with E-state index in [1.54, 1.807) is 27.8 Å². The van der Waals surface area contributed by atoms with Crippen molar-refractivity contribution in [3.8, 4) is 28.3 Å². The van der Waals surface area contributed by atoms with Crippen LogP contribution in [0, 0.1) is 16.1 Å². The number of pyridine rings is 2. The molecule has 0 radical (unpaired) electrons. The van der Waals surface area contributed by atoms with Crippen molar-refractivity contribution >= 4 is 21.1 Å². The highest BCUT2D eigenvalue weighted by Crippen LogP contribution is 2.32. The van der Waals surface area contributed by atoms with Gasteiger partial charge >= 0.3 is 0 Å². The topological polar surface area (TPSA) is 116 Å². The molecule has 1 N–H and O–H groups in total. The number of fused-ring (bicyclic) bond motifs is 1. The molecule has 5 rings (SSSR count). The Kier molecular flexibility index (Phi) is 4.48. The summed E-state index contributed by atoms with van der Waals surface area (Å²) < 4.78 is 23.1. The first-order valence-electron chi connectivity index (χ1n) is 9.79. The summed E-state index contributed by atoms with van der Waals surface area (Å²) in [7, 11) is -0.578. The van der Waals surface area contributed by atoms with Crippen molar-refractivity contribution in [1.29, 1.82) is 10.0 Å². The Morgan fingerprint density at radius 3 is 2.52 bits per heavy atom. The zero-order valence-electron chi connectivity index (χ0n) is 16.9. The second-order valence-corrected chi connectivity index (χ2v) is 10.1. The molecule has 9 nitrogen and oxygen atoms in total. The minimum Gasteiger partial charge on any atom is -0.355 e. The van der Waals surface area contributed by atoms with E-state index in [2.05, 4.69) is 26.2 Å². The highest BCUT2D eigenvalue weighted by molar-refractivity contribution is 7.92. The number of nitrogens with one attached hydrogen (secondary N) is 1. The van der Waals surface area contributed by atoms with Crippen molar-refractivity contribution in [3.63, 3.8) is 0 Å². The van der Waals surface area contributed by atoms with Crippen molar-refractivity contribution < 1.29 is 4.21 Å². The van der Waals surface area contributed by atoms with Crippen molar-refractivity contribution in [2.24, 2.45) is 7.05 Å². The van der Waals surface area contributed by atoms with E-state index in [9.17, 15) is 9.47 Å². The van der Waals surface area contributed by atoms with Gasteiger partial charge in [-0.2, -0.15) is 15.5 Å². The van der Waals surface area contributed by atoms with Gasteiger partial charge < -0.3 is 4.90 Å². The second-order valence-electron chi connectivity index (χ2n) is 7.62. The maximum absolute atomic E-state index is 11.9. The number of aryl methyl sites for hydroxylation is 1. The average Bonchev–Trinajstić information content (AvgIpc) is 3.39. The highest BCUT2D eigenvalue weighted by Gasteiger charge is 2.20. The van der Waals surface area contributed by atoms with E-state index in [0.29, 0.717) is 30.2 Å². The molecule has 1 aliphatic rings. The second kappa shape index (κ2) is 7.21. The molecule has 0 saturated carbocycles. The van der Waals surface area contributed by atoms with E-state index in [-0.39, 0.29) is 0 Å². The lowest BCUT2D eigenvalue weighted by molar-refractivity contribution is 0.663. The zero-order chi connectivity index (χ0) is 21.6. The number of nitrogens with zero attached hydrogens (tertiary/aromatic N) is 7. The van der Waals surface area contributed by atoms with Crippen LogP contribution in [-0.4, -0.2) is 53.2 Å². The lowest BCUT2D eigenvalue weighted by Crippen LogP contribution is -2.40. The third kappa shape index (κ3) is 3.53. The van der Waals surface area contributed by atoms with Gasteiger partial charge in [0.2, 0.25) is 0 Å². The van der Waals surface area contributed by atoms with E-state index in [4.69, 9.17) is 4.78 Å². The van der Waals surface area contributed by atoms with Gasteiger partial charge in [0.1, 0.15) is 11.9 Å². The number of rotatable bonds is 3. The van der Waals surface area contributed by atoms with Gasteiger partial charge in [-0.25, -0.2) is 13.7 Å². The summed E-state index contributed by atoms with van der Waals surface area (Å²) in [5.41, 5.74) is 4.86. The van der Waals surface area contributed by atoms with E-state index >= 15 is 0 Å². The van der Waals surface area contributed by atoms with Gasteiger partial charge in [-0.1, -0.05) is 0 Å². The number of hydrogen-bond acceptors (Lipinski definition) is 7. The molecule has 4 aromatic rings. The molecule has 0 aromatic carbocycles. The molecular weight excluding hydrogens is 412 g/mol. The van der Waals surface area contributed by atoms with Crippen LogP contribution < -0.4 is 4.90 Å². The Bertz CT molecular complexity index is 1410. The zero-order valence-corrected chi connectivity index (χ0v) is 17.7. The van der Waals surface area contributed by atoms with E-state index in [1.807, 2.05) is 37.6 Å². The van der Waals surface area contributed by atoms with Crippen molar-refractivity contribution in [1.82, 2.24) is 24.4 Å². The van der Waals surface area contributed by atoms with Crippen LogP contribution in [0.2, 0.25) is 0 Å². The summed E-state index contributed by atoms with van der Waals surface area (Å²) in [5, 5.41) is 18.2. The molecule has 156 valence electrons. The largest absolute Gasteiger partial charge is 0.355 e. The van der Waals surface area contributed by atoms with Crippen LogP contribution in [0.15, 0.2) is 49.2 Å². The van der Waals surface area contributed by atoms with Crippen LogP contribution in [0.3, 0.4) is 0 Å². The van der Waals surface area contributed by atoms with Crippen molar-refractivity contribution in [2.75, 3.05) is 29.5 Å². The predicted molar refractivity (Wildman–Crippen MR) is 118 cm³/mol. The van der Waals surface area contributed by atoms with Crippen LogP contribution in [0.4, 0.5) is 5.82 Å². The van der Waals surface area contributed by atoms with Crippen LogP contribution in [0.25, 0.3) is 27.8 Å². The Hall–Kier alpha value is -3.71. The summed E-state index contributed by atoms with van der Waals surface area (Å²) in [6.45, 7) is 1.13. The summed E-state index contributed by atoms with van der Waals surface area (Å²) in [5.74, 6) is 1.53. The minimum absolute atomic E-state index is 0.367. The monoisotopic (exact) mass is 432 g/mol. The quantitative estimate of drug-likeness (QED) is 0.532. The SMILES string of the molecule is Cn1cc(-c2cc(-c3ccc(N4CCS(=N)(=O)CC4)nc3)c3c(C#N)cnn3c2)cn1. The van der Waals surface area contributed by atoms with Gasteiger partial charge in [0.05, 0.1) is 23.5 Å². The Morgan fingerprint density at radius 2 is 1.87 bits per heavy atom. The van der Waals surface area contributed by atoms with Crippen LogP contribution in [0.5, 0.6) is 0 Å². The van der Waals surface area contributed by atoms with E-state index in [1.165, 1.54) is 0 Å². The fraction of sp³-hybridized carbons (Fsp3) is 0.238. The Labute approximate surface area is 179 Å². The molecule has 10 heteroatoms. The normalized spacial score (nSPS) is 15.8. The van der Waals surface area contributed by atoms with Crippen LogP contribution in [0.1, 0.15) is 5.56 Å². The molecule has 1 aliphatic heterocycles. The molecular formula is C21H20N8OS. The third-order valence-electron chi connectivity index (χ3n) is 5.54. The molecule has 1 saturated heterocycles. The van der Waals surface area contributed by atoms with Crippen LogP contribution >= 0.6 is 0 Å². The van der Waals surface area contributed by atoms with Gasteiger partial charge in [0, 0.05) is 82.2 Å². The minimum atomic E-state index is -2.45. The molecule has 0 aliphatic carbocycles. The van der Waals surface area contributed by atoms with Gasteiger partial charge in [0.25, 0.3) is 0 Å². The predicted octanol–water partition coefficient (Wildman–Crippen LogP) is 2.54. The summed E-state index contributed by atoms with van der Waals surface area (Å²) in [6, 6.07) is 8.16. The first-order valence-corrected chi connectivity index (χ1v) is 11.7. The molecule has 0 unspecified atom stereocenters. The maximum atomic E-state index is 11.9. The fourth-order valence-electron chi connectivity index (χ4n) is 3.84. The highest BCUT2D eigenvalue weighted by atomic mass is 32.2. The third-order valence-corrected chi connectivity index (χ3v) is 7.22. The summed E-state index contributed by atoms with van der Waals surface area (Å²) in [6.07, 6.45) is 8.98. The standard InChI is InChI=1S/C21H20N8OS/c1-27-13-18(12-25-27)16-8-19(21-17(9-22)11-26-29(21)14-16)15-2-3-20(24-10-15)28-4-6-31(23,30)7-5-28/h2-3,8,10-14,23H,4-7H2,1H3. The number of anilines is 1. The molecule has 0 spiro atoms. The molecule has 0 amide bonds. The number of nitriles is 1. The first-order chi connectivity index (χ1) is 14.9. The molecule has 4 aromatic heterocycles. The first kappa shape index (κ1) is 19.3. The van der Waals surface area contributed by atoms with E-state index in [0.717, 1.165) is 33.6 Å².